The molecule has 0 saturated carbocycles. The van der Waals surface area contributed by atoms with Crippen molar-refractivity contribution >= 4 is 21.5 Å². The maximum absolute atomic E-state index is 13.1. The summed E-state index contributed by atoms with van der Waals surface area (Å²) in [5, 5.41) is 8.83. The number of carbonyl (C=O) groups is 1. The molecule has 1 aromatic carbocycles. The Hall–Kier alpha value is -1.63. The van der Waals surface area contributed by atoms with Crippen LogP contribution >= 0.6 is 0 Å². The second-order valence-corrected chi connectivity index (χ2v) is 6.27. The van der Waals surface area contributed by atoms with Crippen LogP contribution in [0.3, 0.4) is 0 Å². The number of nitrogens with zero attached hydrogens (tertiary/aromatic N) is 1. The summed E-state index contributed by atoms with van der Waals surface area (Å²) in [7, 11) is -3.56. The molecule has 0 aliphatic carbocycles. The zero-order chi connectivity index (χ0) is 13.5. The van der Waals surface area contributed by atoms with Crippen molar-refractivity contribution in [2.45, 2.75) is 17.9 Å². The molecule has 1 unspecified atom stereocenters. The molecular formula is C11H12FNO4S. The number of aliphatic carboxylic acids is 1. The lowest BCUT2D eigenvalue weighted by atomic mass is 10.2. The largest absolute Gasteiger partial charge is 0.480 e. The summed E-state index contributed by atoms with van der Waals surface area (Å²) in [5.74, 6) is -1.92. The second-order valence-electron chi connectivity index (χ2n) is 4.26. The highest BCUT2D eigenvalue weighted by molar-refractivity contribution is 7.91. The van der Waals surface area contributed by atoms with E-state index in [0.29, 0.717) is 0 Å². The van der Waals surface area contributed by atoms with Crippen LogP contribution in [-0.4, -0.2) is 37.8 Å². The first-order chi connectivity index (χ1) is 8.31. The Morgan fingerprint density at radius 3 is 2.83 bits per heavy atom. The molecule has 0 fully saturated rings. The minimum atomic E-state index is -3.56. The second kappa shape index (κ2) is 4.24. The van der Waals surface area contributed by atoms with Gasteiger partial charge in [-0.2, -0.15) is 0 Å². The minimum Gasteiger partial charge on any atom is -0.480 e. The molecule has 0 aromatic heterocycles. The fraction of sp³-hybridized carbons (Fsp3) is 0.364. The Bertz CT molecular complexity index is 599. The van der Waals surface area contributed by atoms with Crippen molar-refractivity contribution in [3.8, 4) is 0 Å². The number of halogens is 1. The number of benzene rings is 1. The summed E-state index contributed by atoms with van der Waals surface area (Å²) in [5.41, 5.74) is 0.248. The Morgan fingerprint density at radius 2 is 2.22 bits per heavy atom. The van der Waals surface area contributed by atoms with Gasteiger partial charge in [0.2, 0.25) is 0 Å². The third kappa shape index (κ3) is 2.17. The van der Waals surface area contributed by atoms with E-state index in [0.717, 1.165) is 12.1 Å². The predicted octanol–water partition coefficient (Wildman–Crippen LogP) is 0.893. The Balaban J connectivity index is 2.58. The molecule has 1 heterocycles. The molecule has 18 heavy (non-hydrogen) atoms. The maximum atomic E-state index is 13.1. The van der Waals surface area contributed by atoms with E-state index in [1.165, 1.54) is 11.0 Å². The molecule has 98 valence electrons. The van der Waals surface area contributed by atoms with Gasteiger partial charge in [-0.25, -0.2) is 12.8 Å². The summed E-state index contributed by atoms with van der Waals surface area (Å²) in [6.07, 6.45) is 0. The molecular weight excluding hydrogens is 261 g/mol. The normalized spacial score (nSPS) is 21.4. The SMILES string of the molecule is CC1CS(=O)(=O)c2cc(F)ccc2N1CC(=O)O. The number of sulfone groups is 1. The van der Waals surface area contributed by atoms with Crippen molar-refractivity contribution in [1.82, 2.24) is 0 Å². The Morgan fingerprint density at radius 1 is 1.56 bits per heavy atom. The molecule has 1 aliphatic rings. The number of carboxylic acid groups (broad SMARTS) is 1. The van der Waals surface area contributed by atoms with Gasteiger partial charge in [0.25, 0.3) is 0 Å². The maximum Gasteiger partial charge on any atom is 0.323 e. The first-order valence-corrected chi connectivity index (χ1v) is 6.97. The van der Waals surface area contributed by atoms with Crippen molar-refractivity contribution in [1.29, 1.82) is 0 Å². The van der Waals surface area contributed by atoms with E-state index in [-0.39, 0.29) is 22.9 Å². The van der Waals surface area contributed by atoms with E-state index in [4.69, 9.17) is 5.11 Å². The van der Waals surface area contributed by atoms with Crippen LogP contribution in [0.2, 0.25) is 0 Å². The minimum absolute atomic E-state index is 0.137. The van der Waals surface area contributed by atoms with E-state index in [1.54, 1.807) is 6.92 Å². The molecule has 0 radical (unpaired) electrons. The average molecular weight is 273 g/mol. The van der Waals surface area contributed by atoms with Gasteiger partial charge in [0, 0.05) is 6.04 Å². The van der Waals surface area contributed by atoms with Gasteiger partial charge in [-0.3, -0.25) is 4.79 Å². The zero-order valence-corrected chi connectivity index (χ0v) is 10.4. The molecule has 2 rings (SSSR count). The van der Waals surface area contributed by atoms with Gasteiger partial charge in [0.15, 0.2) is 9.84 Å². The molecule has 1 aromatic rings. The monoisotopic (exact) mass is 273 g/mol. The van der Waals surface area contributed by atoms with Crippen LogP contribution in [-0.2, 0) is 14.6 Å². The van der Waals surface area contributed by atoms with Crippen molar-refractivity contribution in [2.75, 3.05) is 17.2 Å². The van der Waals surface area contributed by atoms with E-state index in [1.807, 2.05) is 0 Å². The van der Waals surface area contributed by atoms with Gasteiger partial charge >= 0.3 is 5.97 Å². The molecule has 0 bridgehead atoms. The summed E-state index contributed by atoms with van der Waals surface area (Å²) in [6, 6.07) is 2.91. The van der Waals surface area contributed by atoms with Crippen LogP contribution < -0.4 is 4.90 Å². The summed E-state index contributed by atoms with van der Waals surface area (Å²) < 4.78 is 37.0. The van der Waals surface area contributed by atoms with Gasteiger partial charge < -0.3 is 10.0 Å². The van der Waals surface area contributed by atoms with Gasteiger partial charge in [-0.05, 0) is 25.1 Å². The number of rotatable bonds is 2. The molecule has 1 atom stereocenters. The fourth-order valence-electron chi connectivity index (χ4n) is 2.10. The lowest BCUT2D eigenvalue weighted by Gasteiger charge is -2.35. The van der Waals surface area contributed by atoms with E-state index >= 15 is 0 Å². The van der Waals surface area contributed by atoms with Gasteiger partial charge in [0.05, 0.1) is 16.3 Å². The molecule has 7 heteroatoms. The Kier molecular flexibility index (Phi) is 3.02. The first kappa shape index (κ1) is 12.8. The van der Waals surface area contributed by atoms with Crippen molar-refractivity contribution in [2.24, 2.45) is 0 Å². The van der Waals surface area contributed by atoms with Gasteiger partial charge in [-0.15, -0.1) is 0 Å². The molecule has 1 aliphatic heterocycles. The summed E-state index contributed by atoms with van der Waals surface area (Å²) in [6.45, 7) is 1.32. The topological polar surface area (TPSA) is 74.7 Å². The van der Waals surface area contributed by atoms with Crippen LogP contribution in [0.15, 0.2) is 23.1 Å². The predicted molar refractivity (Wildman–Crippen MR) is 62.9 cm³/mol. The number of hydrogen-bond donors (Lipinski definition) is 1. The average Bonchev–Trinajstić information content (AvgIpc) is 2.23. The van der Waals surface area contributed by atoms with Crippen LogP contribution in [0.4, 0.5) is 10.1 Å². The van der Waals surface area contributed by atoms with Crippen LogP contribution in [0.5, 0.6) is 0 Å². The lowest BCUT2D eigenvalue weighted by molar-refractivity contribution is -0.135. The number of carboxylic acids is 1. The van der Waals surface area contributed by atoms with Crippen molar-refractivity contribution < 1.29 is 22.7 Å². The molecule has 1 N–H and O–H groups in total. The van der Waals surface area contributed by atoms with Crippen molar-refractivity contribution in [3.63, 3.8) is 0 Å². The lowest BCUT2D eigenvalue weighted by Crippen LogP contribution is -2.45. The third-order valence-corrected chi connectivity index (χ3v) is 4.78. The molecule has 0 saturated heterocycles. The highest BCUT2D eigenvalue weighted by Gasteiger charge is 2.34. The van der Waals surface area contributed by atoms with Crippen molar-refractivity contribution in [3.05, 3.63) is 24.0 Å². The van der Waals surface area contributed by atoms with E-state index < -0.39 is 27.7 Å². The zero-order valence-electron chi connectivity index (χ0n) is 9.63. The van der Waals surface area contributed by atoms with Crippen LogP contribution in [0.25, 0.3) is 0 Å². The number of fused-ring (bicyclic) bond motifs is 1. The van der Waals surface area contributed by atoms with E-state index in [9.17, 15) is 17.6 Å². The smallest absolute Gasteiger partial charge is 0.323 e. The van der Waals surface area contributed by atoms with Gasteiger partial charge in [-0.1, -0.05) is 0 Å². The van der Waals surface area contributed by atoms with Gasteiger partial charge in [0.1, 0.15) is 12.4 Å². The summed E-state index contributed by atoms with van der Waals surface area (Å²) >= 11 is 0. The quantitative estimate of drug-likeness (QED) is 0.866. The standard InChI is InChI=1S/C11H12FNO4S/c1-7-6-18(16,17)10-4-8(12)2-3-9(10)13(7)5-11(14)15/h2-4,7H,5-6H2,1H3,(H,14,15). The first-order valence-electron chi connectivity index (χ1n) is 5.32. The van der Waals surface area contributed by atoms with Crippen LogP contribution in [0.1, 0.15) is 6.92 Å². The highest BCUT2D eigenvalue weighted by Crippen LogP contribution is 2.33. The number of hydrogen-bond acceptors (Lipinski definition) is 4. The number of anilines is 1. The fourth-order valence-corrected chi connectivity index (χ4v) is 3.89. The molecule has 5 nitrogen and oxygen atoms in total. The highest BCUT2D eigenvalue weighted by atomic mass is 32.2. The molecule has 0 amide bonds. The Labute approximate surface area is 104 Å². The van der Waals surface area contributed by atoms with E-state index in [2.05, 4.69) is 0 Å². The summed E-state index contributed by atoms with van der Waals surface area (Å²) in [4.78, 5) is 12.1. The molecule has 0 spiro atoms. The van der Waals surface area contributed by atoms with Crippen LogP contribution in [0, 0.1) is 5.82 Å². The third-order valence-electron chi connectivity index (χ3n) is 2.86.